The first-order valence-electron chi connectivity index (χ1n) is 6.39. The second-order valence-electron chi connectivity index (χ2n) is 4.31. The van der Waals surface area contributed by atoms with Gasteiger partial charge in [0.1, 0.15) is 25.1 Å². The van der Waals surface area contributed by atoms with E-state index in [1.54, 1.807) is 24.3 Å². The molecule has 110 valence electrons. The van der Waals surface area contributed by atoms with E-state index in [1.807, 2.05) is 18.2 Å². The van der Waals surface area contributed by atoms with Crippen molar-refractivity contribution in [1.29, 1.82) is 0 Å². The number of nitrogens with zero attached hydrogens (tertiary/aromatic N) is 1. The van der Waals surface area contributed by atoms with Crippen LogP contribution in [0.25, 0.3) is 0 Å². The Kier molecular flexibility index (Phi) is 5.11. The lowest BCUT2D eigenvalue weighted by Crippen LogP contribution is -2.25. The Bertz CT molecular complexity index is 588. The van der Waals surface area contributed by atoms with Crippen molar-refractivity contribution in [1.82, 2.24) is 0 Å². The highest BCUT2D eigenvalue weighted by Crippen LogP contribution is 2.25. The van der Waals surface area contributed by atoms with Crippen LogP contribution in [0.4, 0.5) is 5.69 Å². The average molecular weight is 289 g/mol. The van der Waals surface area contributed by atoms with E-state index in [1.165, 1.54) is 12.1 Å². The molecule has 2 rings (SSSR count). The minimum atomic E-state index is -0.884. The van der Waals surface area contributed by atoms with Crippen LogP contribution in [0.1, 0.15) is 0 Å². The molecule has 1 unspecified atom stereocenters. The van der Waals surface area contributed by atoms with Crippen LogP contribution in [0.15, 0.2) is 54.6 Å². The molecule has 0 heterocycles. The molecule has 0 bridgehead atoms. The first kappa shape index (κ1) is 14.8. The van der Waals surface area contributed by atoms with E-state index in [-0.39, 0.29) is 24.7 Å². The van der Waals surface area contributed by atoms with Crippen molar-refractivity contribution in [2.24, 2.45) is 0 Å². The molecular formula is C15H15NO5. The van der Waals surface area contributed by atoms with Crippen LogP contribution in [-0.2, 0) is 0 Å². The number of nitro benzene ring substituents is 1. The van der Waals surface area contributed by atoms with Gasteiger partial charge in [0, 0.05) is 6.07 Å². The Morgan fingerprint density at radius 1 is 1.00 bits per heavy atom. The monoisotopic (exact) mass is 289 g/mol. The molecule has 0 amide bonds. The lowest BCUT2D eigenvalue weighted by atomic mass is 10.3. The highest BCUT2D eigenvalue weighted by atomic mass is 16.6. The van der Waals surface area contributed by atoms with Crippen molar-refractivity contribution in [3.05, 3.63) is 64.7 Å². The molecule has 2 aromatic rings. The lowest BCUT2D eigenvalue weighted by Gasteiger charge is -2.13. The maximum absolute atomic E-state index is 10.8. The van der Waals surface area contributed by atoms with Crippen LogP contribution >= 0.6 is 0 Å². The summed E-state index contributed by atoms with van der Waals surface area (Å²) < 4.78 is 10.6. The normalized spacial score (nSPS) is 11.7. The lowest BCUT2D eigenvalue weighted by molar-refractivity contribution is -0.385. The van der Waals surface area contributed by atoms with Crippen molar-refractivity contribution in [2.45, 2.75) is 6.10 Å². The first-order chi connectivity index (χ1) is 10.2. The molecule has 21 heavy (non-hydrogen) atoms. The molecule has 0 radical (unpaired) electrons. The number of para-hydroxylation sites is 3. The molecule has 2 aromatic carbocycles. The molecule has 6 nitrogen and oxygen atoms in total. The fourth-order valence-electron chi connectivity index (χ4n) is 1.67. The third kappa shape index (κ3) is 4.47. The highest BCUT2D eigenvalue weighted by Gasteiger charge is 2.15. The van der Waals surface area contributed by atoms with Gasteiger partial charge >= 0.3 is 5.69 Å². The number of aliphatic hydroxyl groups excluding tert-OH is 1. The number of hydrogen-bond donors (Lipinski definition) is 1. The minimum Gasteiger partial charge on any atom is -0.491 e. The summed E-state index contributed by atoms with van der Waals surface area (Å²) in [5, 5.41) is 20.6. The Morgan fingerprint density at radius 2 is 1.62 bits per heavy atom. The zero-order valence-electron chi connectivity index (χ0n) is 11.2. The summed E-state index contributed by atoms with van der Waals surface area (Å²) in [6, 6.07) is 15.1. The number of benzene rings is 2. The van der Waals surface area contributed by atoms with Gasteiger partial charge in [-0.05, 0) is 18.2 Å². The largest absolute Gasteiger partial charge is 0.491 e. The Morgan fingerprint density at radius 3 is 2.33 bits per heavy atom. The van der Waals surface area contributed by atoms with Gasteiger partial charge in [0.2, 0.25) is 0 Å². The number of aliphatic hydroxyl groups is 1. The molecule has 0 aliphatic heterocycles. The van der Waals surface area contributed by atoms with Gasteiger partial charge in [-0.1, -0.05) is 30.3 Å². The second-order valence-corrected chi connectivity index (χ2v) is 4.31. The fourth-order valence-corrected chi connectivity index (χ4v) is 1.67. The fraction of sp³-hybridized carbons (Fsp3) is 0.200. The third-order valence-electron chi connectivity index (χ3n) is 2.68. The predicted octanol–water partition coefficient (Wildman–Crippen LogP) is 2.41. The van der Waals surface area contributed by atoms with Crippen molar-refractivity contribution >= 4 is 5.69 Å². The van der Waals surface area contributed by atoms with Gasteiger partial charge in [-0.25, -0.2) is 0 Å². The smallest absolute Gasteiger partial charge is 0.310 e. The Labute approximate surface area is 121 Å². The summed E-state index contributed by atoms with van der Waals surface area (Å²) in [6.45, 7) is -0.0394. The zero-order valence-corrected chi connectivity index (χ0v) is 11.2. The molecule has 0 aliphatic rings. The van der Waals surface area contributed by atoms with E-state index in [0.717, 1.165) is 0 Å². The predicted molar refractivity (Wildman–Crippen MR) is 76.5 cm³/mol. The van der Waals surface area contributed by atoms with Crippen molar-refractivity contribution in [3.63, 3.8) is 0 Å². The average Bonchev–Trinajstić information content (AvgIpc) is 2.52. The van der Waals surface area contributed by atoms with Crippen molar-refractivity contribution in [3.8, 4) is 11.5 Å². The van der Waals surface area contributed by atoms with Crippen molar-refractivity contribution in [2.75, 3.05) is 13.2 Å². The van der Waals surface area contributed by atoms with Crippen LogP contribution in [0.5, 0.6) is 11.5 Å². The van der Waals surface area contributed by atoms with Crippen molar-refractivity contribution < 1.29 is 19.5 Å². The van der Waals surface area contributed by atoms with Gasteiger partial charge in [0.05, 0.1) is 4.92 Å². The van der Waals surface area contributed by atoms with E-state index >= 15 is 0 Å². The van der Waals surface area contributed by atoms with E-state index in [0.29, 0.717) is 5.75 Å². The van der Waals surface area contributed by atoms with Gasteiger partial charge in [0.25, 0.3) is 0 Å². The zero-order chi connectivity index (χ0) is 15.1. The topological polar surface area (TPSA) is 81.8 Å². The quantitative estimate of drug-likeness (QED) is 0.625. The maximum atomic E-state index is 10.8. The molecule has 1 N–H and O–H groups in total. The van der Waals surface area contributed by atoms with E-state index in [9.17, 15) is 15.2 Å². The molecule has 1 atom stereocenters. The number of nitro groups is 1. The van der Waals surface area contributed by atoms with E-state index in [4.69, 9.17) is 9.47 Å². The van der Waals surface area contributed by atoms with E-state index in [2.05, 4.69) is 0 Å². The SMILES string of the molecule is O=[N+]([O-])c1ccccc1OCC(O)COc1ccccc1. The molecular weight excluding hydrogens is 274 g/mol. The molecule has 6 heteroatoms. The van der Waals surface area contributed by atoms with Gasteiger partial charge in [-0.3, -0.25) is 10.1 Å². The first-order valence-corrected chi connectivity index (χ1v) is 6.39. The molecule has 0 fully saturated rings. The Balaban J connectivity index is 1.84. The number of rotatable bonds is 7. The molecule has 0 saturated carbocycles. The van der Waals surface area contributed by atoms with Crippen LogP contribution in [0.3, 0.4) is 0 Å². The number of hydrogen-bond acceptors (Lipinski definition) is 5. The summed E-state index contributed by atoms with van der Waals surface area (Å²) in [5.41, 5.74) is -0.131. The summed E-state index contributed by atoms with van der Waals surface area (Å²) in [5.74, 6) is 0.767. The number of ether oxygens (including phenoxy) is 2. The third-order valence-corrected chi connectivity index (χ3v) is 2.68. The van der Waals surface area contributed by atoms with Crippen LogP contribution in [-0.4, -0.2) is 29.3 Å². The van der Waals surface area contributed by atoms with Gasteiger partial charge < -0.3 is 14.6 Å². The van der Waals surface area contributed by atoms with E-state index < -0.39 is 11.0 Å². The van der Waals surface area contributed by atoms with Gasteiger partial charge in [0.15, 0.2) is 5.75 Å². The van der Waals surface area contributed by atoms with Gasteiger partial charge in [-0.2, -0.15) is 0 Å². The highest BCUT2D eigenvalue weighted by molar-refractivity contribution is 5.45. The summed E-state index contributed by atoms with van der Waals surface area (Å²) in [7, 11) is 0. The van der Waals surface area contributed by atoms with Crippen LogP contribution < -0.4 is 9.47 Å². The summed E-state index contributed by atoms with van der Waals surface area (Å²) in [6.07, 6.45) is -0.884. The Hall–Kier alpha value is -2.60. The standard InChI is InChI=1S/C15H15NO5/c17-12(10-20-13-6-2-1-3-7-13)11-21-15-9-5-4-8-14(15)16(18)19/h1-9,12,17H,10-11H2. The second kappa shape index (κ2) is 7.25. The summed E-state index contributed by atoms with van der Waals surface area (Å²) >= 11 is 0. The minimum absolute atomic E-state index is 0.0463. The molecule has 0 saturated heterocycles. The maximum Gasteiger partial charge on any atom is 0.310 e. The van der Waals surface area contributed by atoms with Crippen LogP contribution in [0, 0.1) is 10.1 Å². The molecule has 0 aromatic heterocycles. The molecule has 0 aliphatic carbocycles. The van der Waals surface area contributed by atoms with Gasteiger partial charge in [-0.15, -0.1) is 0 Å². The summed E-state index contributed by atoms with van der Waals surface area (Å²) in [4.78, 5) is 10.3. The molecule has 0 spiro atoms. The van der Waals surface area contributed by atoms with Crippen LogP contribution in [0.2, 0.25) is 0 Å².